The second-order valence-electron chi connectivity index (χ2n) is 7.97. The van der Waals surface area contributed by atoms with E-state index in [9.17, 15) is 14.4 Å². The van der Waals surface area contributed by atoms with E-state index in [4.69, 9.17) is 9.47 Å². The number of amides is 1. The van der Waals surface area contributed by atoms with Gasteiger partial charge in [-0.3, -0.25) is 9.59 Å². The Morgan fingerprint density at radius 3 is 2.35 bits per heavy atom. The minimum Gasteiger partial charge on any atom is -0.448 e. The van der Waals surface area contributed by atoms with Gasteiger partial charge in [-0.1, -0.05) is 30.3 Å². The molecule has 0 aliphatic carbocycles. The third-order valence-electron chi connectivity index (χ3n) is 5.51. The summed E-state index contributed by atoms with van der Waals surface area (Å²) in [6.07, 6.45) is -0.992. The first-order valence-electron chi connectivity index (χ1n) is 11.1. The first-order chi connectivity index (χ1) is 16.4. The number of anilines is 2. The Kier molecular flexibility index (Phi) is 7.40. The molecule has 3 aromatic rings. The van der Waals surface area contributed by atoms with Crippen LogP contribution in [0.3, 0.4) is 0 Å². The number of rotatable bonds is 7. The second-order valence-corrected chi connectivity index (χ2v) is 9.00. The zero-order valence-electron chi connectivity index (χ0n) is 19.1. The highest BCUT2D eigenvalue weighted by molar-refractivity contribution is 7.18. The van der Waals surface area contributed by atoms with Crippen molar-refractivity contribution in [3.05, 3.63) is 71.1 Å². The molecule has 2 aromatic carbocycles. The molecule has 1 fully saturated rings. The van der Waals surface area contributed by atoms with Crippen molar-refractivity contribution in [1.29, 1.82) is 0 Å². The third kappa shape index (κ3) is 5.52. The molecule has 7 nitrogen and oxygen atoms in total. The van der Waals surface area contributed by atoms with Gasteiger partial charge in [-0.05, 0) is 49.7 Å². The molecule has 0 radical (unpaired) electrons. The van der Waals surface area contributed by atoms with Crippen molar-refractivity contribution in [2.75, 3.05) is 36.5 Å². The molecule has 1 saturated heterocycles. The fourth-order valence-electron chi connectivity index (χ4n) is 3.61. The molecule has 4 rings (SSSR count). The summed E-state index contributed by atoms with van der Waals surface area (Å²) in [5, 5.41) is 3.70. The number of ketones is 1. The molecule has 176 valence electrons. The summed E-state index contributed by atoms with van der Waals surface area (Å²) in [5.74, 6) is -1.05. The number of morpholine rings is 1. The van der Waals surface area contributed by atoms with Crippen LogP contribution in [0, 0.1) is 0 Å². The van der Waals surface area contributed by atoms with Crippen LogP contribution in [0.2, 0.25) is 0 Å². The van der Waals surface area contributed by atoms with Crippen LogP contribution >= 0.6 is 11.3 Å². The van der Waals surface area contributed by atoms with Crippen LogP contribution in [0.15, 0.2) is 60.7 Å². The summed E-state index contributed by atoms with van der Waals surface area (Å²) in [6, 6.07) is 18.3. The van der Waals surface area contributed by atoms with Gasteiger partial charge in [-0.25, -0.2) is 4.79 Å². The maximum atomic E-state index is 12.9. The number of hydrogen-bond donors (Lipinski definition) is 1. The second kappa shape index (κ2) is 10.6. The third-order valence-corrected chi connectivity index (χ3v) is 6.68. The molecule has 8 heteroatoms. The lowest BCUT2D eigenvalue weighted by Gasteiger charge is -2.28. The Balaban J connectivity index is 1.48. The first kappa shape index (κ1) is 23.7. The van der Waals surface area contributed by atoms with E-state index in [1.807, 2.05) is 36.4 Å². The van der Waals surface area contributed by atoms with Gasteiger partial charge in [-0.2, -0.15) is 0 Å². The molecule has 1 N–H and O–H groups in total. The number of nitrogens with zero attached hydrogens (tertiary/aromatic N) is 1. The van der Waals surface area contributed by atoms with Gasteiger partial charge in [0.15, 0.2) is 11.9 Å². The molecule has 1 atom stereocenters. The number of carbonyl (C=O) groups excluding carboxylic acids is 3. The standard InChI is InChI=1S/C26H26N2O5S/c1-17(29)19-8-10-21(11-9-19)27-24(30)18(2)33-26(31)23-16-22(20-6-4-3-5-7-20)25(34-23)28-12-14-32-15-13-28/h3-11,16,18H,12-15H2,1-2H3,(H,27,30). The minimum absolute atomic E-state index is 0.0533. The predicted octanol–water partition coefficient (Wildman–Crippen LogP) is 4.64. The largest absolute Gasteiger partial charge is 0.448 e. The van der Waals surface area contributed by atoms with Gasteiger partial charge in [0.05, 0.1) is 18.2 Å². The van der Waals surface area contributed by atoms with Crippen LogP contribution in [0.25, 0.3) is 11.1 Å². The van der Waals surface area contributed by atoms with E-state index < -0.39 is 18.0 Å². The summed E-state index contributed by atoms with van der Waals surface area (Å²) in [4.78, 5) is 39.6. The highest BCUT2D eigenvalue weighted by Gasteiger charge is 2.25. The Hall–Kier alpha value is -3.49. The fourth-order valence-corrected chi connectivity index (χ4v) is 4.73. The zero-order chi connectivity index (χ0) is 24.1. The van der Waals surface area contributed by atoms with E-state index in [1.54, 1.807) is 24.3 Å². The van der Waals surface area contributed by atoms with Gasteiger partial charge >= 0.3 is 5.97 Å². The highest BCUT2D eigenvalue weighted by atomic mass is 32.1. The van der Waals surface area contributed by atoms with Crippen molar-refractivity contribution in [2.45, 2.75) is 20.0 Å². The van der Waals surface area contributed by atoms with Gasteiger partial charge in [0, 0.05) is 29.9 Å². The molecule has 1 aliphatic rings. The van der Waals surface area contributed by atoms with Crippen LogP contribution in [-0.4, -0.2) is 50.1 Å². The summed E-state index contributed by atoms with van der Waals surface area (Å²) in [5.41, 5.74) is 3.05. The summed E-state index contributed by atoms with van der Waals surface area (Å²) >= 11 is 1.36. The number of nitrogens with one attached hydrogen (secondary N) is 1. The zero-order valence-corrected chi connectivity index (χ0v) is 19.9. The van der Waals surface area contributed by atoms with Gasteiger partial charge in [0.25, 0.3) is 5.91 Å². The van der Waals surface area contributed by atoms with Crippen LogP contribution in [0.4, 0.5) is 10.7 Å². The normalized spacial score (nSPS) is 14.4. The lowest BCUT2D eigenvalue weighted by Crippen LogP contribution is -2.35. The van der Waals surface area contributed by atoms with Crippen molar-refractivity contribution < 1.29 is 23.9 Å². The SMILES string of the molecule is CC(=O)c1ccc(NC(=O)C(C)OC(=O)c2cc(-c3ccccc3)c(N3CCOCC3)s2)cc1. The molecular formula is C26H26N2O5S. The number of thiophene rings is 1. The lowest BCUT2D eigenvalue weighted by molar-refractivity contribution is -0.123. The molecule has 1 aliphatic heterocycles. The highest BCUT2D eigenvalue weighted by Crippen LogP contribution is 2.39. The Morgan fingerprint density at radius 2 is 1.71 bits per heavy atom. The average molecular weight is 479 g/mol. The van der Waals surface area contributed by atoms with Gasteiger partial charge in [0.1, 0.15) is 4.88 Å². The number of esters is 1. The summed E-state index contributed by atoms with van der Waals surface area (Å²) in [7, 11) is 0. The van der Waals surface area contributed by atoms with Crippen LogP contribution in [-0.2, 0) is 14.3 Å². The molecule has 34 heavy (non-hydrogen) atoms. The number of carbonyl (C=O) groups is 3. The summed E-state index contributed by atoms with van der Waals surface area (Å²) < 4.78 is 11.0. The number of ether oxygens (including phenoxy) is 2. The maximum Gasteiger partial charge on any atom is 0.349 e. The number of Topliss-reactive ketones (excluding diaryl/α,β-unsaturated/α-hetero) is 1. The average Bonchev–Trinajstić information content (AvgIpc) is 3.31. The van der Waals surface area contributed by atoms with E-state index in [0.717, 1.165) is 29.2 Å². The number of hydrogen-bond acceptors (Lipinski definition) is 7. The van der Waals surface area contributed by atoms with Crippen molar-refractivity contribution in [3.63, 3.8) is 0 Å². The Labute approximate surface area is 202 Å². The molecule has 1 amide bonds. The number of benzene rings is 2. The van der Waals surface area contributed by atoms with Crippen molar-refractivity contribution >= 4 is 39.7 Å². The molecule has 0 bridgehead atoms. The smallest absolute Gasteiger partial charge is 0.349 e. The first-order valence-corrected chi connectivity index (χ1v) is 11.9. The van der Waals surface area contributed by atoms with Gasteiger partial charge < -0.3 is 19.7 Å². The molecule has 2 heterocycles. The van der Waals surface area contributed by atoms with Crippen molar-refractivity contribution in [3.8, 4) is 11.1 Å². The molecule has 1 unspecified atom stereocenters. The van der Waals surface area contributed by atoms with Crippen LogP contribution in [0.1, 0.15) is 33.9 Å². The van der Waals surface area contributed by atoms with Gasteiger partial charge in [-0.15, -0.1) is 11.3 Å². The predicted molar refractivity (Wildman–Crippen MR) is 133 cm³/mol. The Bertz CT molecular complexity index is 1170. The monoisotopic (exact) mass is 478 g/mol. The van der Waals surface area contributed by atoms with E-state index in [1.165, 1.54) is 25.2 Å². The molecule has 0 saturated carbocycles. The Morgan fingerprint density at radius 1 is 1.03 bits per heavy atom. The topological polar surface area (TPSA) is 84.9 Å². The van der Waals surface area contributed by atoms with E-state index >= 15 is 0 Å². The minimum atomic E-state index is -0.992. The molecule has 0 spiro atoms. The molecule has 1 aromatic heterocycles. The van der Waals surface area contributed by atoms with Crippen molar-refractivity contribution in [2.24, 2.45) is 0 Å². The van der Waals surface area contributed by atoms with Crippen LogP contribution < -0.4 is 10.2 Å². The van der Waals surface area contributed by atoms with E-state index in [0.29, 0.717) is 29.3 Å². The quantitative estimate of drug-likeness (QED) is 0.393. The van der Waals surface area contributed by atoms with E-state index in [-0.39, 0.29) is 5.78 Å². The maximum absolute atomic E-state index is 12.9. The van der Waals surface area contributed by atoms with Gasteiger partial charge in [0.2, 0.25) is 0 Å². The van der Waals surface area contributed by atoms with E-state index in [2.05, 4.69) is 10.2 Å². The lowest BCUT2D eigenvalue weighted by atomic mass is 10.1. The molecular weight excluding hydrogens is 452 g/mol. The van der Waals surface area contributed by atoms with Crippen molar-refractivity contribution in [1.82, 2.24) is 0 Å². The fraction of sp³-hybridized carbons (Fsp3) is 0.269. The summed E-state index contributed by atoms with van der Waals surface area (Å²) in [6.45, 7) is 5.78. The van der Waals surface area contributed by atoms with Crippen LogP contribution in [0.5, 0.6) is 0 Å².